The number of aromatic nitrogens is 1. The number of benzene rings is 2. The van der Waals surface area contributed by atoms with E-state index in [2.05, 4.69) is 10.9 Å². The van der Waals surface area contributed by atoms with Crippen LogP contribution in [0.2, 0.25) is 0 Å². The number of carbonyl (C=O) groups is 1. The molecule has 0 unspecified atom stereocenters. The zero-order valence-corrected chi connectivity index (χ0v) is 20.6. The number of sulfonamides is 1. The Balaban J connectivity index is 1.98. The molecule has 33 heavy (non-hydrogen) atoms. The van der Waals surface area contributed by atoms with Crippen LogP contribution in [0.3, 0.4) is 0 Å². The largest absolute Gasteiger partial charge is 0.495 e. The Kier molecular flexibility index (Phi) is 8.08. The maximum atomic E-state index is 12.9. The number of rotatable bonds is 9. The van der Waals surface area contributed by atoms with Crippen LogP contribution in [0.25, 0.3) is 10.2 Å². The summed E-state index contributed by atoms with van der Waals surface area (Å²) in [4.78, 5) is 17.8. The number of nitrogens with zero attached hydrogens (tertiary/aromatic N) is 3. The van der Waals surface area contributed by atoms with Crippen LogP contribution in [-0.2, 0) is 16.6 Å². The van der Waals surface area contributed by atoms with Crippen molar-refractivity contribution in [1.82, 2.24) is 8.87 Å². The van der Waals surface area contributed by atoms with Gasteiger partial charge in [-0.15, -0.1) is 6.42 Å². The molecule has 174 valence electrons. The van der Waals surface area contributed by atoms with E-state index in [1.54, 1.807) is 11.7 Å². The van der Waals surface area contributed by atoms with Crippen molar-refractivity contribution in [2.75, 3.05) is 20.2 Å². The Bertz CT molecular complexity index is 1340. The molecule has 0 aliphatic heterocycles. The third-order valence-electron chi connectivity index (χ3n) is 5.02. The topological polar surface area (TPSA) is 81.0 Å². The van der Waals surface area contributed by atoms with E-state index >= 15 is 0 Å². The molecular formula is C24H27N3O4S2. The van der Waals surface area contributed by atoms with Gasteiger partial charge in [0.1, 0.15) is 11.3 Å². The van der Waals surface area contributed by atoms with Crippen LogP contribution < -0.4 is 9.54 Å². The summed E-state index contributed by atoms with van der Waals surface area (Å²) in [5, 5.41) is 0. The second-order valence-electron chi connectivity index (χ2n) is 7.33. The Morgan fingerprint density at radius 1 is 1.15 bits per heavy atom. The van der Waals surface area contributed by atoms with E-state index in [1.165, 1.54) is 39.9 Å². The normalized spacial score (nSPS) is 12.3. The van der Waals surface area contributed by atoms with Gasteiger partial charge in [0, 0.05) is 18.7 Å². The molecule has 0 aliphatic rings. The molecule has 0 aliphatic carbocycles. The molecule has 3 aromatic rings. The van der Waals surface area contributed by atoms with Gasteiger partial charge in [-0.05, 0) is 49.2 Å². The summed E-state index contributed by atoms with van der Waals surface area (Å²) in [5.41, 5.74) is 1.08. The molecule has 9 heteroatoms. The third-order valence-corrected chi connectivity index (χ3v) is 7.97. The zero-order chi connectivity index (χ0) is 24.0. The number of hydrogen-bond acceptors (Lipinski definition) is 5. The molecular weight excluding hydrogens is 458 g/mol. The van der Waals surface area contributed by atoms with Crippen LogP contribution in [-0.4, -0.2) is 43.4 Å². The smallest absolute Gasteiger partial charge is 0.279 e. The average Bonchev–Trinajstić information content (AvgIpc) is 3.16. The summed E-state index contributed by atoms with van der Waals surface area (Å²) < 4.78 is 35.5. The first-order valence-corrected chi connectivity index (χ1v) is 12.9. The number of hydrogen-bond donors (Lipinski definition) is 0. The predicted molar refractivity (Wildman–Crippen MR) is 131 cm³/mol. The fraction of sp³-hybridized carbons (Fsp3) is 0.333. The molecule has 0 saturated heterocycles. The van der Waals surface area contributed by atoms with Crippen LogP contribution in [0.1, 0.15) is 37.0 Å². The van der Waals surface area contributed by atoms with Crippen LogP contribution in [0.4, 0.5) is 0 Å². The second kappa shape index (κ2) is 10.8. The zero-order valence-electron chi connectivity index (χ0n) is 18.9. The highest BCUT2D eigenvalue weighted by molar-refractivity contribution is 7.89. The summed E-state index contributed by atoms with van der Waals surface area (Å²) in [6.07, 6.45) is 7.00. The number of amides is 1. The van der Waals surface area contributed by atoms with Crippen LogP contribution >= 0.6 is 11.3 Å². The third kappa shape index (κ3) is 5.19. The molecule has 0 saturated carbocycles. The van der Waals surface area contributed by atoms with Gasteiger partial charge < -0.3 is 9.30 Å². The lowest BCUT2D eigenvalue weighted by Crippen LogP contribution is -2.32. The van der Waals surface area contributed by atoms with E-state index in [9.17, 15) is 13.2 Å². The number of thiazole rings is 1. The molecule has 3 rings (SSSR count). The van der Waals surface area contributed by atoms with Gasteiger partial charge in [0.25, 0.3) is 5.91 Å². The number of carbonyl (C=O) groups excluding carboxylic acids is 1. The molecule has 7 nitrogen and oxygen atoms in total. The summed E-state index contributed by atoms with van der Waals surface area (Å²) in [7, 11) is -2.04. The van der Waals surface area contributed by atoms with Gasteiger partial charge in [0.15, 0.2) is 4.80 Å². The number of fused-ring (bicyclic) bond motifs is 1. The Morgan fingerprint density at radius 2 is 1.82 bits per heavy atom. The Hall–Kier alpha value is -2.93. The molecule has 0 spiro atoms. The maximum absolute atomic E-state index is 12.9. The lowest BCUT2D eigenvalue weighted by atomic mass is 10.2. The van der Waals surface area contributed by atoms with Gasteiger partial charge in [-0.2, -0.15) is 9.30 Å². The van der Waals surface area contributed by atoms with Crippen molar-refractivity contribution in [2.24, 2.45) is 4.99 Å². The Morgan fingerprint density at radius 3 is 2.39 bits per heavy atom. The van der Waals surface area contributed by atoms with Crippen molar-refractivity contribution >= 4 is 37.5 Å². The number of methoxy groups -OCH3 is 1. The van der Waals surface area contributed by atoms with Crippen LogP contribution in [0.15, 0.2) is 52.4 Å². The highest BCUT2D eigenvalue weighted by Crippen LogP contribution is 2.27. The standard InChI is InChI=1S/C24H27N3O4S2/c1-5-15-26(16-6-2)33(29,30)19-13-11-18(12-14-19)23(28)25-24-27(17-7-3)22-20(31-4)9-8-10-21(22)32-24/h3,8-14H,5-6,15-17H2,1-2,4H3. The quantitative estimate of drug-likeness (QED) is 0.431. The van der Waals surface area contributed by atoms with Crippen LogP contribution in [0, 0.1) is 12.3 Å². The molecule has 0 N–H and O–H groups in total. The van der Waals surface area contributed by atoms with Crippen molar-refractivity contribution in [2.45, 2.75) is 38.1 Å². The summed E-state index contributed by atoms with van der Waals surface area (Å²) >= 11 is 1.34. The van der Waals surface area contributed by atoms with Gasteiger partial charge in [-0.1, -0.05) is 37.2 Å². The second-order valence-corrected chi connectivity index (χ2v) is 10.3. The maximum Gasteiger partial charge on any atom is 0.279 e. The van der Waals surface area contributed by atoms with E-state index in [0.717, 1.165) is 23.1 Å². The van der Waals surface area contributed by atoms with Gasteiger partial charge in [-0.25, -0.2) is 8.42 Å². The van der Waals surface area contributed by atoms with Gasteiger partial charge >= 0.3 is 0 Å². The van der Waals surface area contributed by atoms with Crippen molar-refractivity contribution in [3.8, 4) is 18.1 Å². The molecule has 1 amide bonds. The van der Waals surface area contributed by atoms with Crippen molar-refractivity contribution < 1.29 is 17.9 Å². The average molecular weight is 486 g/mol. The summed E-state index contributed by atoms with van der Waals surface area (Å²) in [5.74, 6) is 2.76. The first-order chi connectivity index (χ1) is 15.9. The fourth-order valence-electron chi connectivity index (χ4n) is 3.51. The van der Waals surface area contributed by atoms with E-state index in [-0.39, 0.29) is 11.4 Å². The van der Waals surface area contributed by atoms with Crippen LogP contribution in [0.5, 0.6) is 5.75 Å². The molecule has 1 aromatic heterocycles. The molecule has 0 fully saturated rings. The number of para-hydroxylation sites is 1. The highest BCUT2D eigenvalue weighted by atomic mass is 32.2. The van der Waals surface area contributed by atoms with Crippen molar-refractivity contribution in [3.63, 3.8) is 0 Å². The van der Waals surface area contributed by atoms with E-state index in [4.69, 9.17) is 11.2 Å². The lowest BCUT2D eigenvalue weighted by Gasteiger charge is -2.21. The van der Waals surface area contributed by atoms with Crippen molar-refractivity contribution in [1.29, 1.82) is 0 Å². The van der Waals surface area contributed by atoms with Gasteiger partial charge in [0.2, 0.25) is 10.0 Å². The van der Waals surface area contributed by atoms with E-state index in [0.29, 0.717) is 29.2 Å². The fourth-order valence-corrected chi connectivity index (χ4v) is 6.18. The van der Waals surface area contributed by atoms with E-state index in [1.807, 2.05) is 32.0 Å². The van der Waals surface area contributed by atoms with Gasteiger partial charge in [0.05, 0.1) is 23.2 Å². The van der Waals surface area contributed by atoms with Gasteiger partial charge in [-0.3, -0.25) is 4.79 Å². The predicted octanol–water partition coefficient (Wildman–Crippen LogP) is 3.90. The minimum atomic E-state index is -3.61. The first-order valence-electron chi connectivity index (χ1n) is 10.7. The molecule has 0 atom stereocenters. The number of terminal acetylenes is 1. The highest BCUT2D eigenvalue weighted by Gasteiger charge is 2.23. The summed E-state index contributed by atoms with van der Waals surface area (Å²) in [6, 6.07) is 11.5. The molecule has 0 radical (unpaired) electrons. The lowest BCUT2D eigenvalue weighted by molar-refractivity contribution is 0.0997. The molecule has 2 aromatic carbocycles. The molecule has 0 bridgehead atoms. The SMILES string of the molecule is C#CCn1c(=NC(=O)c2ccc(S(=O)(=O)N(CCC)CCC)cc2)sc2cccc(OC)c21. The number of ether oxygens (including phenoxy) is 1. The Labute approximate surface area is 198 Å². The van der Waals surface area contributed by atoms with E-state index < -0.39 is 15.9 Å². The van der Waals surface area contributed by atoms with Crippen molar-refractivity contribution in [3.05, 3.63) is 52.8 Å². The first kappa shape index (κ1) is 24.7. The summed E-state index contributed by atoms with van der Waals surface area (Å²) in [6.45, 7) is 5.02. The minimum Gasteiger partial charge on any atom is -0.495 e. The monoisotopic (exact) mass is 485 g/mol. The minimum absolute atomic E-state index is 0.162. The molecule has 1 heterocycles.